The molecule has 0 aliphatic rings. The van der Waals surface area contributed by atoms with Gasteiger partial charge in [-0.25, -0.2) is 0 Å². The molecule has 33 heavy (non-hydrogen) atoms. The second-order valence-electron chi connectivity index (χ2n) is 7.69. The topological polar surface area (TPSA) is 74.0 Å². The minimum atomic E-state index is -0.533. The Kier molecular flexibility index (Phi) is 7.14. The van der Waals surface area contributed by atoms with Crippen LogP contribution in [0.15, 0.2) is 72.9 Å². The van der Waals surface area contributed by atoms with Crippen LogP contribution >= 0.6 is 23.2 Å². The molecule has 0 unspecified atom stereocenters. The molecule has 4 aromatic rings. The van der Waals surface area contributed by atoms with Gasteiger partial charge in [0, 0.05) is 51.9 Å². The molecule has 0 saturated carbocycles. The normalized spacial score (nSPS) is 12.0. The number of aromatic amines is 1. The number of hydrogen-bond acceptors (Lipinski definition) is 3. The number of carbonyl (C=O) groups excluding carboxylic acids is 2. The van der Waals surface area contributed by atoms with Crippen molar-refractivity contribution in [3.05, 3.63) is 105 Å². The smallest absolute Gasteiger partial charge is 0.251 e. The molecule has 1 heterocycles. The molecule has 0 fully saturated rings. The number of aromatic nitrogens is 1. The monoisotopic (exact) mass is 479 g/mol. The van der Waals surface area contributed by atoms with E-state index >= 15 is 0 Å². The Morgan fingerprint density at radius 3 is 2.52 bits per heavy atom. The van der Waals surface area contributed by atoms with Crippen LogP contribution in [0.2, 0.25) is 10.0 Å². The molecule has 1 amide bonds. The zero-order valence-electron chi connectivity index (χ0n) is 18.0. The summed E-state index contributed by atoms with van der Waals surface area (Å²) in [7, 11) is 1.59. The van der Waals surface area contributed by atoms with Gasteiger partial charge in [-0.2, -0.15) is 0 Å². The highest BCUT2D eigenvalue weighted by Gasteiger charge is 2.24. The molecule has 7 heteroatoms. The molecule has 5 nitrogen and oxygen atoms in total. The van der Waals surface area contributed by atoms with Crippen molar-refractivity contribution in [2.24, 2.45) is 0 Å². The standard InChI is InChI=1S/C26H23Cl2N3O2/c1-29-26(33)18-8-10-20-21(15-31-23(20)13-18)25(32)24(17-5-3-2-4-6-17)30-12-11-16-7-9-19(27)14-22(16)28/h2-10,13-15,24,30-31H,11-12H2,1H3,(H,29,33)/t24-/m0/s1. The maximum Gasteiger partial charge on any atom is 0.251 e. The third kappa shape index (κ3) is 5.11. The Morgan fingerprint density at radius 1 is 1.00 bits per heavy atom. The molecule has 0 aliphatic heterocycles. The summed E-state index contributed by atoms with van der Waals surface area (Å²) in [5, 5.41) is 7.98. The van der Waals surface area contributed by atoms with Crippen molar-refractivity contribution in [1.82, 2.24) is 15.6 Å². The van der Waals surface area contributed by atoms with Gasteiger partial charge in [0.05, 0.1) is 6.04 Å². The van der Waals surface area contributed by atoms with Gasteiger partial charge in [0.15, 0.2) is 5.78 Å². The van der Waals surface area contributed by atoms with E-state index in [1.54, 1.807) is 37.5 Å². The minimum absolute atomic E-state index is 0.0534. The van der Waals surface area contributed by atoms with Crippen LogP contribution in [0, 0.1) is 0 Å². The number of benzene rings is 3. The van der Waals surface area contributed by atoms with Gasteiger partial charge in [-0.3, -0.25) is 9.59 Å². The summed E-state index contributed by atoms with van der Waals surface area (Å²) in [5.74, 6) is -0.230. The second kappa shape index (κ2) is 10.2. The fourth-order valence-corrected chi connectivity index (χ4v) is 4.36. The highest BCUT2D eigenvalue weighted by molar-refractivity contribution is 6.35. The van der Waals surface area contributed by atoms with Crippen LogP contribution in [-0.2, 0) is 6.42 Å². The molecule has 0 spiro atoms. The first-order chi connectivity index (χ1) is 16.0. The first-order valence-corrected chi connectivity index (χ1v) is 11.3. The number of halogens is 2. The Hall–Kier alpha value is -3.12. The number of nitrogens with one attached hydrogen (secondary N) is 3. The van der Waals surface area contributed by atoms with Crippen LogP contribution in [0.25, 0.3) is 10.9 Å². The third-order valence-corrected chi connectivity index (χ3v) is 6.18. The fourth-order valence-electron chi connectivity index (χ4n) is 3.85. The van der Waals surface area contributed by atoms with Gasteiger partial charge in [0.25, 0.3) is 5.91 Å². The maximum absolute atomic E-state index is 13.6. The predicted molar refractivity (Wildman–Crippen MR) is 133 cm³/mol. The molecule has 3 N–H and O–H groups in total. The summed E-state index contributed by atoms with van der Waals surface area (Å²) >= 11 is 12.3. The van der Waals surface area contributed by atoms with Gasteiger partial charge in [-0.15, -0.1) is 0 Å². The van der Waals surface area contributed by atoms with Crippen molar-refractivity contribution in [2.45, 2.75) is 12.5 Å². The number of hydrogen-bond donors (Lipinski definition) is 3. The van der Waals surface area contributed by atoms with Gasteiger partial charge >= 0.3 is 0 Å². The highest BCUT2D eigenvalue weighted by atomic mass is 35.5. The van der Waals surface area contributed by atoms with Gasteiger partial charge in [-0.1, -0.05) is 65.7 Å². The first-order valence-electron chi connectivity index (χ1n) is 10.6. The lowest BCUT2D eigenvalue weighted by atomic mass is 9.96. The van der Waals surface area contributed by atoms with Gasteiger partial charge in [0.2, 0.25) is 0 Å². The molecule has 0 bridgehead atoms. The lowest BCUT2D eigenvalue weighted by molar-refractivity contribution is 0.0942. The van der Waals surface area contributed by atoms with Crippen molar-refractivity contribution in [3.63, 3.8) is 0 Å². The molecular formula is C26H23Cl2N3O2. The van der Waals surface area contributed by atoms with Crippen LogP contribution in [0.5, 0.6) is 0 Å². The zero-order chi connectivity index (χ0) is 23.4. The molecule has 1 aromatic heterocycles. The van der Waals surface area contributed by atoms with Crippen LogP contribution in [-0.4, -0.2) is 30.3 Å². The number of rotatable bonds is 8. The van der Waals surface area contributed by atoms with Crippen LogP contribution in [0.3, 0.4) is 0 Å². The highest BCUT2D eigenvalue weighted by Crippen LogP contribution is 2.26. The van der Waals surface area contributed by atoms with Gasteiger partial charge in [-0.05, 0) is 41.8 Å². The SMILES string of the molecule is CNC(=O)c1ccc2c(C(=O)[C@@H](NCCc3ccc(Cl)cc3Cl)c3ccccc3)c[nH]c2c1. The number of Topliss-reactive ketones (excluding diaryl/α,β-unsaturated/α-hetero) is 1. The van der Waals surface area contributed by atoms with E-state index in [0.717, 1.165) is 22.0 Å². The summed E-state index contributed by atoms with van der Waals surface area (Å²) in [4.78, 5) is 28.7. The summed E-state index contributed by atoms with van der Waals surface area (Å²) in [6.45, 7) is 0.551. The summed E-state index contributed by atoms with van der Waals surface area (Å²) < 4.78 is 0. The Labute approximate surface area is 202 Å². The van der Waals surface area contributed by atoms with Crippen molar-refractivity contribution in [1.29, 1.82) is 0 Å². The van der Waals surface area contributed by atoms with Gasteiger partial charge in [0.1, 0.15) is 0 Å². The Balaban J connectivity index is 1.59. The molecule has 0 saturated heterocycles. The van der Waals surface area contributed by atoms with Crippen molar-refractivity contribution >= 4 is 45.8 Å². The number of fused-ring (bicyclic) bond motifs is 1. The first kappa shape index (κ1) is 23.1. The third-order valence-electron chi connectivity index (χ3n) is 5.59. The average Bonchev–Trinajstić information content (AvgIpc) is 3.26. The van der Waals surface area contributed by atoms with E-state index in [2.05, 4.69) is 15.6 Å². The Morgan fingerprint density at radius 2 is 1.79 bits per heavy atom. The number of ketones is 1. The zero-order valence-corrected chi connectivity index (χ0v) is 19.5. The van der Waals surface area contributed by atoms with Crippen LogP contribution < -0.4 is 10.6 Å². The van der Waals surface area contributed by atoms with Gasteiger partial charge < -0.3 is 15.6 Å². The van der Waals surface area contributed by atoms with Crippen LogP contribution in [0.1, 0.15) is 37.9 Å². The molecule has 1 atom stereocenters. The Bertz CT molecular complexity index is 1300. The quantitative estimate of drug-likeness (QED) is 0.288. The molecule has 0 radical (unpaired) electrons. The molecule has 0 aliphatic carbocycles. The van der Waals surface area contributed by atoms with Crippen LogP contribution in [0.4, 0.5) is 0 Å². The van der Waals surface area contributed by atoms with Crippen molar-refractivity contribution in [3.8, 4) is 0 Å². The fraction of sp³-hybridized carbons (Fsp3) is 0.154. The summed E-state index contributed by atoms with van der Waals surface area (Å²) in [5.41, 5.74) is 3.67. The second-order valence-corrected chi connectivity index (χ2v) is 8.53. The lowest BCUT2D eigenvalue weighted by Crippen LogP contribution is -2.30. The molecule has 3 aromatic carbocycles. The average molecular weight is 480 g/mol. The minimum Gasteiger partial charge on any atom is -0.360 e. The van der Waals surface area contributed by atoms with E-state index in [1.165, 1.54) is 0 Å². The number of amides is 1. The maximum atomic E-state index is 13.6. The number of H-pyrrole nitrogens is 1. The van der Waals surface area contributed by atoms with E-state index < -0.39 is 6.04 Å². The van der Waals surface area contributed by atoms with E-state index in [1.807, 2.05) is 42.5 Å². The predicted octanol–water partition coefficient (Wildman–Crippen LogP) is 5.59. The summed E-state index contributed by atoms with van der Waals surface area (Å²) in [6, 6.07) is 19.8. The van der Waals surface area contributed by atoms with E-state index in [0.29, 0.717) is 34.1 Å². The molecule has 4 rings (SSSR count). The van der Waals surface area contributed by atoms with Crippen molar-refractivity contribution < 1.29 is 9.59 Å². The largest absolute Gasteiger partial charge is 0.360 e. The van der Waals surface area contributed by atoms with E-state index in [4.69, 9.17) is 23.2 Å². The van der Waals surface area contributed by atoms with E-state index in [9.17, 15) is 9.59 Å². The van der Waals surface area contributed by atoms with Crippen molar-refractivity contribution in [2.75, 3.05) is 13.6 Å². The summed E-state index contributed by atoms with van der Waals surface area (Å²) in [6.07, 6.45) is 2.35. The number of carbonyl (C=O) groups is 2. The molecular weight excluding hydrogens is 457 g/mol. The molecule has 168 valence electrons. The lowest BCUT2D eigenvalue weighted by Gasteiger charge is -2.18. The van der Waals surface area contributed by atoms with E-state index in [-0.39, 0.29) is 11.7 Å².